The molecule has 0 aliphatic rings. The van der Waals surface area contributed by atoms with Crippen LogP contribution in [0.25, 0.3) is 10.9 Å². The number of hydrogen-bond donors (Lipinski definition) is 3. The fourth-order valence-corrected chi connectivity index (χ4v) is 3.16. The normalized spacial score (nSPS) is 12.1. The summed E-state index contributed by atoms with van der Waals surface area (Å²) in [6, 6.07) is 11.8. The molecule has 28 heavy (non-hydrogen) atoms. The number of para-hydroxylation sites is 2. The van der Waals surface area contributed by atoms with Crippen LogP contribution >= 0.6 is 0 Å². The molecule has 8 heteroatoms. The van der Waals surface area contributed by atoms with Gasteiger partial charge < -0.3 is 16.0 Å². The van der Waals surface area contributed by atoms with E-state index in [0.717, 1.165) is 4.57 Å². The molecule has 0 bridgehead atoms. The lowest BCUT2D eigenvalue weighted by molar-refractivity contribution is -0.120. The van der Waals surface area contributed by atoms with Gasteiger partial charge in [-0.25, -0.2) is 9.36 Å². The minimum Gasteiger partial charge on any atom is -0.366 e. The summed E-state index contributed by atoms with van der Waals surface area (Å²) in [6.45, 7) is 3.45. The number of aromatic nitrogens is 2. The highest BCUT2D eigenvalue weighted by Crippen LogP contribution is 2.20. The molecule has 2 aromatic carbocycles. The summed E-state index contributed by atoms with van der Waals surface area (Å²) in [4.78, 5) is 52.7. The lowest BCUT2D eigenvalue weighted by Gasteiger charge is -2.22. The predicted molar refractivity (Wildman–Crippen MR) is 106 cm³/mol. The molecule has 1 heterocycles. The van der Waals surface area contributed by atoms with Crippen LogP contribution in [0.2, 0.25) is 0 Å². The largest absolute Gasteiger partial charge is 0.366 e. The number of anilines is 1. The molecule has 3 aromatic rings. The first kappa shape index (κ1) is 19.1. The average molecular weight is 380 g/mol. The van der Waals surface area contributed by atoms with E-state index in [0.29, 0.717) is 10.9 Å². The highest BCUT2D eigenvalue weighted by molar-refractivity contribution is 6.03. The number of rotatable bonds is 5. The van der Waals surface area contributed by atoms with Gasteiger partial charge in [-0.3, -0.25) is 14.4 Å². The van der Waals surface area contributed by atoms with Crippen molar-refractivity contribution in [3.05, 3.63) is 74.9 Å². The molecule has 1 atom stereocenters. The lowest BCUT2D eigenvalue weighted by Crippen LogP contribution is -2.44. The first-order valence-corrected chi connectivity index (χ1v) is 8.74. The Balaban J connectivity index is 2.10. The second-order valence-corrected chi connectivity index (χ2v) is 6.74. The van der Waals surface area contributed by atoms with Gasteiger partial charge in [0.05, 0.1) is 22.2 Å². The van der Waals surface area contributed by atoms with Gasteiger partial charge in [-0.1, -0.05) is 38.1 Å². The van der Waals surface area contributed by atoms with Gasteiger partial charge in [-0.15, -0.1) is 0 Å². The van der Waals surface area contributed by atoms with Crippen molar-refractivity contribution in [1.29, 1.82) is 0 Å². The van der Waals surface area contributed by atoms with Crippen molar-refractivity contribution in [2.45, 2.75) is 19.9 Å². The second-order valence-electron chi connectivity index (χ2n) is 6.74. The highest BCUT2D eigenvalue weighted by Gasteiger charge is 2.28. The fraction of sp³-hybridized carbons (Fsp3) is 0.200. The first-order valence-electron chi connectivity index (χ1n) is 8.74. The van der Waals surface area contributed by atoms with E-state index in [2.05, 4.69) is 10.3 Å². The minimum atomic E-state index is -1.08. The van der Waals surface area contributed by atoms with Gasteiger partial charge in [-0.05, 0) is 30.2 Å². The number of hydrogen-bond acceptors (Lipinski definition) is 4. The quantitative estimate of drug-likeness (QED) is 0.621. The van der Waals surface area contributed by atoms with Crippen molar-refractivity contribution in [3.8, 4) is 0 Å². The Hall–Kier alpha value is -3.68. The average Bonchev–Trinajstić information content (AvgIpc) is 2.64. The smallest absolute Gasteiger partial charge is 0.329 e. The van der Waals surface area contributed by atoms with E-state index in [4.69, 9.17) is 5.73 Å². The third-order valence-corrected chi connectivity index (χ3v) is 4.47. The number of aromatic amines is 1. The van der Waals surface area contributed by atoms with Crippen LogP contribution in [0.3, 0.4) is 0 Å². The van der Waals surface area contributed by atoms with E-state index in [1.165, 1.54) is 12.1 Å². The van der Waals surface area contributed by atoms with Gasteiger partial charge in [0.2, 0.25) is 5.91 Å². The van der Waals surface area contributed by atoms with E-state index in [-0.39, 0.29) is 17.2 Å². The maximum Gasteiger partial charge on any atom is 0.329 e. The standard InChI is InChI=1S/C20H20N4O4/c1-11(2)16(18(26)22-14-9-5-3-7-12(14)17(21)25)24-19(27)13-8-4-6-10-15(13)23-20(24)28/h3-11,16H,1-2H3,(H2,21,25)(H,22,26)(H,23,28). The molecule has 1 unspecified atom stereocenters. The summed E-state index contributed by atoms with van der Waals surface area (Å²) in [7, 11) is 0. The molecule has 144 valence electrons. The van der Waals surface area contributed by atoms with Gasteiger partial charge in [0, 0.05) is 0 Å². The molecule has 3 rings (SSSR count). The predicted octanol–water partition coefficient (Wildman–Crippen LogP) is 1.62. The molecule has 2 amide bonds. The minimum absolute atomic E-state index is 0.137. The fourth-order valence-electron chi connectivity index (χ4n) is 3.16. The summed E-state index contributed by atoms with van der Waals surface area (Å²) in [5.41, 5.74) is 4.86. The summed E-state index contributed by atoms with van der Waals surface area (Å²) < 4.78 is 0.912. The van der Waals surface area contributed by atoms with E-state index in [1.807, 2.05) is 0 Å². The number of carbonyl (C=O) groups is 2. The Bertz CT molecular complexity index is 1180. The molecule has 0 radical (unpaired) electrons. The van der Waals surface area contributed by atoms with Crippen LogP contribution in [0.15, 0.2) is 58.1 Å². The molecule has 8 nitrogen and oxygen atoms in total. The topological polar surface area (TPSA) is 127 Å². The van der Waals surface area contributed by atoms with Crippen molar-refractivity contribution in [2.24, 2.45) is 11.7 Å². The Kier molecular flexibility index (Phi) is 5.12. The van der Waals surface area contributed by atoms with Gasteiger partial charge in [0.25, 0.3) is 11.5 Å². The van der Waals surface area contributed by atoms with E-state index in [9.17, 15) is 19.2 Å². The van der Waals surface area contributed by atoms with Gasteiger partial charge in [-0.2, -0.15) is 0 Å². The van der Waals surface area contributed by atoms with Gasteiger partial charge in [0.1, 0.15) is 6.04 Å². The van der Waals surface area contributed by atoms with Crippen molar-refractivity contribution >= 4 is 28.4 Å². The summed E-state index contributed by atoms with van der Waals surface area (Å²) in [5.74, 6) is -1.66. The molecule has 4 N–H and O–H groups in total. The zero-order valence-electron chi connectivity index (χ0n) is 15.4. The molecular formula is C20H20N4O4. The van der Waals surface area contributed by atoms with Crippen molar-refractivity contribution < 1.29 is 9.59 Å². The van der Waals surface area contributed by atoms with Gasteiger partial charge >= 0.3 is 5.69 Å². The Morgan fingerprint density at radius 2 is 1.68 bits per heavy atom. The zero-order valence-corrected chi connectivity index (χ0v) is 15.4. The molecule has 0 spiro atoms. The molecule has 0 saturated heterocycles. The van der Waals surface area contributed by atoms with E-state index in [1.54, 1.807) is 50.2 Å². The van der Waals surface area contributed by atoms with Crippen LogP contribution in [0.4, 0.5) is 5.69 Å². The third kappa shape index (κ3) is 3.44. The molecule has 0 aliphatic heterocycles. The summed E-state index contributed by atoms with van der Waals surface area (Å²) in [6.07, 6.45) is 0. The highest BCUT2D eigenvalue weighted by atomic mass is 16.2. The maximum atomic E-state index is 13.0. The number of nitrogens with two attached hydrogens (primary N) is 1. The Labute approximate surface area is 160 Å². The summed E-state index contributed by atoms with van der Waals surface area (Å²) in [5, 5.41) is 2.93. The molecule has 0 aliphatic carbocycles. The monoisotopic (exact) mass is 380 g/mol. The number of fused-ring (bicyclic) bond motifs is 1. The second kappa shape index (κ2) is 7.51. The number of H-pyrrole nitrogens is 1. The molecule has 0 saturated carbocycles. The van der Waals surface area contributed by atoms with Crippen LogP contribution in [0.5, 0.6) is 0 Å². The summed E-state index contributed by atoms with van der Waals surface area (Å²) >= 11 is 0. The van der Waals surface area contributed by atoms with Gasteiger partial charge in [0.15, 0.2) is 0 Å². The van der Waals surface area contributed by atoms with Crippen molar-refractivity contribution in [2.75, 3.05) is 5.32 Å². The number of primary amides is 1. The number of carbonyl (C=O) groups excluding carboxylic acids is 2. The van der Waals surface area contributed by atoms with Crippen LogP contribution in [-0.2, 0) is 4.79 Å². The van der Waals surface area contributed by atoms with Crippen LogP contribution < -0.4 is 22.3 Å². The number of nitrogens with zero attached hydrogens (tertiary/aromatic N) is 1. The van der Waals surface area contributed by atoms with Crippen molar-refractivity contribution in [3.63, 3.8) is 0 Å². The molecule has 1 aromatic heterocycles. The third-order valence-electron chi connectivity index (χ3n) is 4.47. The Morgan fingerprint density at radius 3 is 2.36 bits per heavy atom. The van der Waals surface area contributed by atoms with Crippen LogP contribution in [0.1, 0.15) is 30.2 Å². The molecule has 0 fully saturated rings. The number of amides is 2. The molecular weight excluding hydrogens is 360 g/mol. The Morgan fingerprint density at radius 1 is 1.04 bits per heavy atom. The van der Waals surface area contributed by atoms with Crippen molar-refractivity contribution in [1.82, 2.24) is 9.55 Å². The van der Waals surface area contributed by atoms with Crippen LogP contribution in [0, 0.1) is 5.92 Å². The van der Waals surface area contributed by atoms with Crippen LogP contribution in [-0.4, -0.2) is 21.4 Å². The number of nitrogens with one attached hydrogen (secondary N) is 2. The van der Waals surface area contributed by atoms with E-state index >= 15 is 0 Å². The number of benzene rings is 2. The van der Waals surface area contributed by atoms with E-state index < -0.39 is 29.1 Å². The lowest BCUT2D eigenvalue weighted by atomic mass is 10.0. The maximum absolute atomic E-state index is 13.0. The first-order chi connectivity index (χ1) is 13.3. The zero-order chi connectivity index (χ0) is 20.4. The SMILES string of the molecule is CC(C)C(C(=O)Nc1ccccc1C(N)=O)n1c(=O)[nH]c2ccccc2c1=O.